The fourth-order valence-corrected chi connectivity index (χ4v) is 3.45. The van der Waals surface area contributed by atoms with E-state index in [0.29, 0.717) is 11.1 Å². The van der Waals surface area contributed by atoms with Crippen LogP contribution in [0.15, 0.2) is 35.3 Å². The molecule has 1 aromatic heterocycles. The summed E-state index contributed by atoms with van der Waals surface area (Å²) < 4.78 is 1.35. The van der Waals surface area contributed by atoms with Crippen molar-refractivity contribution in [1.82, 2.24) is 9.47 Å². The zero-order valence-corrected chi connectivity index (χ0v) is 16.7. The van der Waals surface area contributed by atoms with E-state index in [1.54, 1.807) is 25.4 Å². The van der Waals surface area contributed by atoms with Crippen LogP contribution in [0.4, 0.5) is 5.69 Å². The van der Waals surface area contributed by atoms with Gasteiger partial charge in [-0.3, -0.25) is 14.4 Å². The highest BCUT2D eigenvalue weighted by Crippen LogP contribution is 2.16. The first kappa shape index (κ1) is 19.9. The van der Waals surface area contributed by atoms with E-state index in [4.69, 9.17) is 0 Å². The quantitative estimate of drug-likeness (QED) is 0.887. The maximum absolute atomic E-state index is 12.9. The number of likely N-dealkylation sites (tertiary alicyclic amines) is 1. The van der Waals surface area contributed by atoms with Crippen LogP contribution in [0.2, 0.25) is 0 Å². The third kappa shape index (κ3) is 4.32. The van der Waals surface area contributed by atoms with Crippen molar-refractivity contribution in [2.24, 2.45) is 7.05 Å². The molecule has 1 aliphatic rings. The summed E-state index contributed by atoms with van der Waals surface area (Å²) in [7, 11) is 1.59. The van der Waals surface area contributed by atoms with E-state index < -0.39 is 0 Å². The topological polar surface area (TPSA) is 71.4 Å². The molecule has 0 unspecified atom stereocenters. The number of carbonyl (C=O) groups excluding carboxylic acids is 2. The van der Waals surface area contributed by atoms with Crippen molar-refractivity contribution in [2.75, 3.05) is 18.4 Å². The van der Waals surface area contributed by atoms with Gasteiger partial charge < -0.3 is 14.8 Å². The zero-order chi connectivity index (χ0) is 20.3. The Balaban J connectivity index is 1.86. The lowest BCUT2D eigenvalue weighted by molar-refractivity contribution is 0.0760. The number of hydrogen-bond acceptors (Lipinski definition) is 3. The smallest absolute Gasteiger partial charge is 0.274 e. The maximum atomic E-state index is 12.9. The highest BCUT2D eigenvalue weighted by Gasteiger charge is 2.20. The second-order valence-corrected chi connectivity index (χ2v) is 7.52. The maximum Gasteiger partial charge on any atom is 0.274 e. The molecule has 3 rings (SSSR count). The van der Waals surface area contributed by atoms with Crippen LogP contribution in [0.3, 0.4) is 0 Å². The minimum Gasteiger partial charge on any atom is -0.339 e. The van der Waals surface area contributed by atoms with Crippen LogP contribution in [-0.2, 0) is 7.05 Å². The molecule has 2 amide bonds. The first-order valence-corrected chi connectivity index (χ1v) is 9.75. The molecule has 1 aromatic carbocycles. The van der Waals surface area contributed by atoms with Crippen molar-refractivity contribution in [3.05, 3.63) is 63.1 Å². The van der Waals surface area contributed by atoms with E-state index in [-0.39, 0.29) is 23.1 Å². The van der Waals surface area contributed by atoms with Crippen molar-refractivity contribution in [3.63, 3.8) is 0 Å². The number of aryl methyl sites for hydroxylation is 3. The summed E-state index contributed by atoms with van der Waals surface area (Å²) in [5.41, 5.74) is 2.77. The number of hydrogen-bond donors (Lipinski definition) is 1. The molecular formula is C22H27N3O3. The Bertz CT molecular complexity index is 954. The molecule has 1 N–H and O–H groups in total. The summed E-state index contributed by atoms with van der Waals surface area (Å²) in [6, 6.07) is 6.89. The molecular weight excluding hydrogens is 354 g/mol. The number of aromatic nitrogens is 1. The second kappa shape index (κ2) is 8.42. The van der Waals surface area contributed by atoms with E-state index in [9.17, 15) is 14.4 Å². The summed E-state index contributed by atoms with van der Waals surface area (Å²) in [6.45, 7) is 5.37. The lowest BCUT2D eigenvalue weighted by Gasteiger charge is -2.21. The Labute approximate surface area is 165 Å². The first-order chi connectivity index (χ1) is 13.4. The number of anilines is 1. The molecule has 1 fully saturated rings. The number of benzene rings is 1. The molecule has 6 nitrogen and oxygen atoms in total. The summed E-state index contributed by atoms with van der Waals surface area (Å²) in [6.07, 6.45) is 5.80. The van der Waals surface area contributed by atoms with Gasteiger partial charge in [-0.15, -0.1) is 0 Å². The second-order valence-electron chi connectivity index (χ2n) is 7.52. The Morgan fingerprint density at radius 2 is 1.61 bits per heavy atom. The Kier molecular flexibility index (Phi) is 5.97. The molecule has 0 spiro atoms. The van der Waals surface area contributed by atoms with Crippen LogP contribution in [0, 0.1) is 13.8 Å². The summed E-state index contributed by atoms with van der Waals surface area (Å²) >= 11 is 0. The predicted molar refractivity (Wildman–Crippen MR) is 110 cm³/mol. The molecule has 1 aliphatic heterocycles. The van der Waals surface area contributed by atoms with Gasteiger partial charge in [0.05, 0.1) is 5.56 Å². The number of pyridine rings is 1. The lowest BCUT2D eigenvalue weighted by Crippen LogP contribution is -2.33. The van der Waals surface area contributed by atoms with Gasteiger partial charge in [0, 0.05) is 31.9 Å². The van der Waals surface area contributed by atoms with Crippen LogP contribution in [0.1, 0.15) is 57.5 Å². The van der Waals surface area contributed by atoms with Gasteiger partial charge in [-0.1, -0.05) is 18.9 Å². The Hall–Kier alpha value is -2.89. The number of amides is 2. The van der Waals surface area contributed by atoms with Gasteiger partial charge >= 0.3 is 0 Å². The largest absolute Gasteiger partial charge is 0.339 e. The summed E-state index contributed by atoms with van der Waals surface area (Å²) in [4.78, 5) is 39.8. The summed E-state index contributed by atoms with van der Waals surface area (Å²) in [5.74, 6) is -0.459. The fraction of sp³-hybridized carbons (Fsp3) is 0.409. The van der Waals surface area contributed by atoms with Gasteiger partial charge in [0.1, 0.15) is 5.69 Å². The van der Waals surface area contributed by atoms with E-state index in [2.05, 4.69) is 5.32 Å². The fourth-order valence-electron chi connectivity index (χ4n) is 3.45. The molecule has 0 atom stereocenters. The molecule has 0 aliphatic carbocycles. The van der Waals surface area contributed by atoms with Crippen molar-refractivity contribution < 1.29 is 9.59 Å². The SMILES string of the molecule is Cc1ccc(C(=O)Nc2cc(C(=O)N3CCCCCC3)cn(C)c2=O)cc1C. The van der Waals surface area contributed by atoms with Gasteiger partial charge in [-0.05, 0) is 56.0 Å². The molecule has 28 heavy (non-hydrogen) atoms. The Morgan fingerprint density at radius 1 is 0.929 bits per heavy atom. The molecule has 0 bridgehead atoms. The van der Waals surface area contributed by atoms with Gasteiger partial charge in [0.2, 0.25) is 0 Å². The van der Waals surface area contributed by atoms with E-state index in [0.717, 1.165) is 49.9 Å². The standard InChI is InChI=1S/C22H27N3O3/c1-15-8-9-17(12-16(15)2)20(26)23-19-13-18(14-24(3)22(19)28)21(27)25-10-6-4-5-7-11-25/h8-9,12-14H,4-7,10-11H2,1-3H3,(H,23,26). The molecule has 1 saturated heterocycles. The molecule has 148 valence electrons. The van der Waals surface area contributed by atoms with Crippen LogP contribution in [0.5, 0.6) is 0 Å². The van der Waals surface area contributed by atoms with Crippen LogP contribution in [-0.4, -0.2) is 34.4 Å². The van der Waals surface area contributed by atoms with Crippen molar-refractivity contribution in [1.29, 1.82) is 0 Å². The first-order valence-electron chi connectivity index (χ1n) is 9.75. The van der Waals surface area contributed by atoms with Crippen molar-refractivity contribution in [2.45, 2.75) is 39.5 Å². The number of carbonyl (C=O) groups is 2. The third-order valence-corrected chi connectivity index (χ3v) is 5.34. The third-order valence-electron chi connectivity index (χ3n) is 5.34. The highest BCUT2D eigenvalue weighted by atomic mass is 16.2. The molecule has 0 radical (unpaired) electrons. The predicted octanol–water partition coefficient (Wildman–Crippen LogP) is 3.27. The summed E-state index contributed by atoms with van der Waals surface area (Å²) in [5, 5.41) is 2.68. The van der Waals surface area contributed by atoms with Crippen LogP contribution >= 0.6 is 0 Å². The lowest BCUT2D eigenvalue weighted by atomic mass is 10.1. The number of nitrogens with one attached hydrogen (secondary N) is 1. The highest BCUT2D eigenvalue weighted by molar-refractivity contribution is 6.05. The monoisotopic (exact) mass is 381 g/mol. The van der Waals surface area contributed by atoms with E-state index in [1.807, 2.05) is 24.8 Å². The van der Waals surface area contributed by atoms with E-state index >= 15 is 0 Å². The van der Waals surface area contributed by atoms with Gasteiger partial charge in [-0.25, -0.2) is 0 Å². The van der Waals surface area contributed by atoms with Crippen molar-refractivity contribution >= 4 is 17.5 Å². The molecule has 2 heterocycles. The number of nitrogens with zero attached hydrogens (tertiary/aromatic N) is 2. The van der Waals surface area contributed by atoms with Gasteiger partial charge in [0.25, 0.3) is 17.4 Å². The molecule has 0 saturated carbocycles. The van der Waals surface area contributed by atoms with E-state index in [1.165, 1.54) is 10.6 Å². The molecule has 6 heteroatoms. The average Bonchev–Trinajstić information content (AvgIpc) is 2.96. The minimum absolute atomic E-state index is 0.0980. The zero-order valence-electron chi connectivity index (χ0n) is 16.7. The van der Waals surface area contributed by atoms with Gasteiger partial charge in [-0.2, -0.15) is 0 Å². The van der Waals surface area contributed by atoms with Crippen molar-refractivity contribution in [3.8, 4) is 0 Å². The molecule has 2 aromatic rings. The van der Waals surface area contributed by atoms with Crippen LogP contribution < -0.4 is 10.9 Å². The minimum atomic E-state index is -0.362. The Morgan fingerprint density at radius 3 is 2.25 bits per heavy atom. The van der Waals surface area contributed by atoms with Gasteiger partial charge in [0.15, 0.2) is 0 Å². The average molecular weight is 381 g/mol. The van der Waals surface area contributed by atoms with Crippen LogP contribution in [0.25, 0.3) is 0 Å². The normalized spacial score (nSPS) is 14.5. The number of rotatable bonds is 3.